The molecule has 1 amide bonds. The van der Waals surface area contributed by atoms with Gasteiger partial charge >= 0.3 is 6.09 Å². The number of rotatable bonds is 4. The van der Waals surface area contributed by atoms with Crippen molar-refractivity contribution in [1.82, 2.24) is 0 Å². The molecular weight excluding hydrogens is 300 g/mol. The van der Waals surface area contributed by atoms with E-state index in [4.69, 9.17) is 10.5 Å². The number of carbonyl (C=O) groups is 1. The van der Waals surface area contributed by atoms with Crippen LogP contribution in [0.25, 0.3) is 11.1 Å². The van der Waals surface area contributed by atoms with Crippen LogP contribution < -0.4 is 11.1 Å². The standard InChI is InChI=1S/C20H18N2O2/c21-18-10-4-8-16(12-18)17-9-5-11-19(13-17)22-20(23)24-14-15-6-2-1-3-7-15/h1-13H,14,21H2,(H,22,23). The minimum atomic E-state index is -0.483. The van der Waals surface area contributed by atoms with Crippen LogP contribution in [-0.2, 0) is 11.3 Å². The van der Waals surface area contributed by atoms with Gasteiger partial charge in [0.2, 0.25) is 0 Å². The Labute approximate surface area is 140 Å². The predicted molar refractivity (Wildman–Crippen MR) is 96.5 cm³/mol. The second-order valence-corrected chi connectivity index (χ2v) is 5.39. The summed E-state index contributed by atoms with van der Waals surface area (Å²) in [5.41, 5.74) is 10.1. The second-order valence-electron chi connectivity index (χ2n) is 5.39. The Balaban J connectivity index is 1.65. The number of nitrogens with two attached hydrogens (primary N) is 1. The molecule has 3 rings (SSSR count). The molecule has 0 aliphatic rings. The van der Waals surface area contributed by atoms with Crippen molar-refractivity contribution < 1.29 is 9.53 Å². The van der Waals surface area contributed by atoms with Crippen LogP contribution in [0.15, 0.2) is 78.9 Å². The molecule has 0 unspecified atom stereocenters. The third-order valence-electron chi connectivity index (χ3n) is 3.54. The highest BCUT2D eigenvalue weighted by atomic mass is 16.5. The summed E-state index contributed by atoms with van der Waals surface area (Å²) in [7, 11) is 0. The first-order valence-electron chi connectivity index (χ1n) is 7.64. The summed E-state index contributed by atoms with van der Waals surface area (Å²) in [6, 6.07) is 24.7. The number of amides is 1. The molecule has 0 atom stereocenters. The average Bonchev–Trinajstić information content (AvgIpc) is 2.61. The van der Waals surface area contributed by atoms with Gasteiger partial charge in [0.15, 0.2) is 0 Å². The Bertz CT molecular complexity index is 832. The van der Waals surface area contributed by atoms with Gasteiger partial charge in [-0.15, -0.1) is 0 Å². The SMILES string of the molecule is Nc1cccc(-c2cccc(NC(=O)OCc3ccccc3)c2)c1. The Morgan fingerprint density at radius 1 is 0.875 bits per heavy atom. The van der Waals surface area contributed by atoms with Crippen LogP contribution in [0.3, 0.4) is 0 Å². The monoisotopic (exact) mass is 318 g/mol. The van der Waals surface area contributed by atoms with Crippen LogP contribution in [0.2, 0.25) is 0 Å². The van der Waals surface area contributed by atoms with Crippen molar-refractivity contribution in [3.8, 4) is 11.1 Å². The van der Waals surface area contributed by atoms with Gasteiger partial charge in [0.1, 0.15) is 6.61 Å². The van der Waals surface area contributed by atoms with Gasteiger partial charge in [0.25, 0.3) is 0 Å². The summed E-state index contributed by atoms with van der Waals surface area (Å²) in [5.74, 6) is 0. The van der Waals surface area contributed by atoms with Crippen molar-refractivity contribution in [3.63, 3.8) is 0 Å². The molecule has 4 nitrogen and oxygen atoms in total. The lowest BCUT2D eigenvalue weighted by molar-refractivity contribution is 0.155. The van der Waals surface area contributed by atoms with Crippen LogP contribution in [0.1, 0.15) is 5.56 Å². The number of nitrogens with one attached hydrogen (secondary N) is 1. The normalized spacial score (nSPS) is 10.2. The minimum absolute atomic E-state index is 0.238. The maximum Gasteiger partial charge on any atom is 0.411 e. The van der Waals surface area contributed by atoms with Gasteiger partial charge in [-0.3, -0.25) is 5.32 Å². The van der Waals surface area contributed by atoms with Crippen molar-refractivity contribution in [2.45, 2.75) is 6.61 Å². The lowest BCUT2D eigenvalue weighted by atomic mass is 10.0. The molecule has 120 valence electrons. The molecule has 0 aromatic heterocycles. The third-order valence-corrected chi connectivity index (χ3v) is 3.54. The lowest BCUT2D eigenvalue weighted by Gasteiger charge is -2.09. The number of nitrogen functional groups attached to an aromatic ring is 1. The van der Waals surface area contributed by atoms with Gasteiger partial charge in [0, 0.05) is 11.4 Å². The predicted octanol–water partition coefficient (Wildman–Crippen LogP) is 4.68. The van der Waals surface area contributed by atoms with Crippen molar-refractivity contribution in [2.24, 2.45) is 0 Å². The maximum absolute atomic E-state index is 11.9. The zero-order valence-corrected chi connectivity index (χ0v) is 13.1. The number of anilines is 2. The zero-order valence-electron chi connectivity index (χ0n) is 13.1. The number of ether oxygens (including phenoxy) is 1. The van der Waals surface area contributed by atoms with Gasteiger partial charge in [-0.25, -0.2) is 4.79 Å². The third kappa shape index (κ3) is 4.14. The highest BCUT2D eigenvalue weighted by Crippen LogP contribution is 2.24. The summed E-state index contributed by atoms with van der Waals surface area (Å²) in [4.78, 5) is 11.9. The molecule has 0 spiro atoms. The van der Waals surface area contributed by atoms with E-state index in [1.54, 1.807) is 0 Å². The molecule has 0 radical (unpaired) electrons. The zero-order chi connectivity index (χ0) is 16.8. The van der Waals surface area contributed by atoms with E-state index in [1.165, 1.54) is 0 Å². The summed E-state index contributed by atoms with van der Waals surface area (Å²) in [5, 5.41) is 2.74. The molecule has 0 fully saturated rings. The van der Waals surface area contributed by atoms with Crippen molar-refractivity contribution in [2.75, 3.05) is 11.1 Å². The van der Waals surface area contributed by atoms with Crippen molar-refractivity contribution in [3.05, 3.63) is 84.4 Å². The molecule has 0 bridgehead atoms. The van der Waals surface area contributed by atoms with E-state index in [9.17, 15) is 4.79 Å². The summed E-state index contributed by atoms with van der Waals surface area (Å²) < 4.78 is 5.23. The second kappa shape index (κ2) is 7.33. The lowest BCUT2D eigenvalue weighted by Crippen LogP contribution is -2.13. The molecule has 24 heavy (non-hydrogen) atoms. The van der Waals surface area contributed by atoms with Gasteiger partial charge in [0.05, 0.1) is 0 Å². The Kier molecular flexibility index (Phi) is 4.77. The molecule has 3 aromatic rings. The fourth-order valence-corrected chi connectivity index (χ4v) is 2.37. The number of benzene rings is 3. The molecule has 0 heterocycles. The van der Waals surface area contributed by atoms with E-state index >= 15 is 0 Å². The van der Waals surface area contributed by atoms with Crippen LogP contribution in [0.4, 0.5) is 16.2 Å². The van der Waals surface area contributed by atoms with Crippen molar-refractivity contribution >= 4 is 17.5 Å². The van der Waals surface area contributed by atoms with Crippen molar-refractivity contribution in [1.29, 1.82) is 0 Å². The number of hydrogen-bond donors (Lipinski definition) is 2. The highest BCUT2D eigenvalue weighted by Gasteiger charge is 2.05. The Hall–Kier alpha value is -3.27. The smallest absolute Gasteiger partial charge is 0.411 e. The molecule has 0 aliphatic heterocycles. The summed E-state index contributed by atoms with van der Waals surface area (Å²) in [6.45, 7) is 0.238. The van der Waals surface area contributed by atoms with Gasteiger partial charge < -0.3 is 10.5 Å². The van der Waals surface area contributed by atoms with Crippen LogP contribution in [-0.4, -0.2) is 6.09 Å². The molecule has 0 saturated heterocycles. The molecule has 0 saturated carbocycles. The summed E-state index contributed by atoms with van der Waals surface area (Å²) >= 11 is 0. The first-order valence-corrected chi connectivity index (χ1v) is 7.64. The first-order chi connectivity index (χ1) is 11.7. The van der Waals surface area contributed by atoms with E-state index < -0.39 is 6.09 Å². The van der Waals surface area contributed by atoms with Gasteiger partial charge in [-0.1, -0.05) is 54.6 Å². The minimum Gasteiger partial charge on any atom is -0.444 e. The number of hydrogen-bond acceptors (Lipinski definition) is 3. The van der Waals surface area contributed by atoms with E-state index in [0.717, 1.165) is 16.7 Å². The van der Waals surface area contributed by atoms with Gasteiger partial charge in [-0.05, 0) is 41.0 Å². The molecule has 3 N–H and O–H groups in total. The largest absolute Gasteiger partial charge is 0.444 e. The maximum atomic E-state index is 11.9. The molecule has 0 aliphatic carbocycles. The fraction of sp³-hybridized carbons (Fsp3) is 0.0500. The Morgan fingerprint density at radius 2 is 1.58 bits per heavy atom. The van der Waals surface area contributed by atoms with E-state index in [-0.39, 0.29) is 6.61 Å². The van der Waals surface area contributed by atoms with E-state index in [2.05, 4.69) is 5.32 Å². The molecular formula is C20H18N2O2. The van der Waals surface area contributed by atoms with Gasteiger partial charge in [-0.2, -0.15) is 0 Å². The topological polar surface area (TPSA) is 64.3 Å². The quantitative estimate of drug-likeness (QED) is 0.686. The molecule has 4 heteroatoms. The first kappa shape index (κ1) is 15.6. The Morgan fingerprint density at radius 3 is 2.33 bits per heavy atom. The van der Waals surface area contributed by atoms with Crippen LogP contribution in [0.5, 0.6) is 0 Å². The van der Waals surface area contributed by atoms with E-state index in [0.29, 0.717) is 11.4 Å². The van der Waals surface area contributed by atoms with E-state index in [1.807, 2.05) is 78.9 Å². The van der Waals surface area contributed by atoms with Crippen LogP contribution >= 0.6 is 0 Å². The highest BCUT2D eigenvalue weighted by molar-refractivity contribution is 5.86. The summed E-state index contributed by atoms with van der Waals surface area (Å²) in [6.07, 6.45) is -0.483. The fourth-order valence-electron chi connectivity index (χ4n) is 2.37. The molecule has 3 aromatic carbocycles. The number of carbonyl (C=O) groups excluding carboxylic acids is 1. The van der Waals surface area contributed by atoms with Crippen LogP contribution in [0, 0.1) is 0 Å². The average molecular weight is 318 g/mol.